The van der Waals surface area contributed by atoms with Crippen LogP contribution < -0.4 is 5.32 Å². The van der Waals surface area contributed by atoms with Crippen molar-refractivity contribution in [3.8, 4) is 0 Å². The summed E-state index contributed by atoms with van der Waals surface area (Å²) >= 11 is 0. The Hall–Kier alpha value is -2.44. The topological polar surface area (TPSA) is 81.7 Å². The Morgan fingerprint density at radius 1 is 1.41 bits per heavy atom. The van der Waals surface area contributed by atoms with Gasteiger partial charge in [0.05, 0.1) is 24.3 Å². The maximum absolute atomic E-state index is 5.00. The normalized spacial score (nSPS) is 10.9. The lowest BCUT2D eigenvalue weighted by Gasteiger charge is -2.03. The molecule has 0 saturated carbocycles. The molecule has 3 heterocycles. The van der Waals surface area contributed by atoms with Crippen molar-refractivity contribution in [2.45, 2.75) is 6.54 Å². The van der Waals surface area contributed by atoms with Crippen LogP contribution in [0, 0.1) is 0 Å². The summed E-state index contributed by atoms with van der Waals surface area (Å²) < 4.78 is 6.70. The van der Waals surface area contributed by atoms with E-state index in [0.29, 0.717) is 6.54 Å². The molecule has 0 aliphatic carbocycles. The second-order valence-electron chi connectivity index (χ2n) is 3.56. The van der Waals surface area contributed by atoms with E-state index in [1.807, 2.05) is 7.05 Å². The van der Waals surface area contributed by atoms with E-state index in [1.54, 1.807) is 23.1 Å². The lowest BCUT2D eigenvalue weighted by atomic mass is 10.4. The third-order valence-electron chi connectivity index (χ3n) is 2.45. The van der Waals surface area contributed by atoms with Crippen LogP contribution in [0.2, 0.25) is 0 Å². The summed E-state index contributed by atoms with van der Waals surface area (Å²) in [6.07, 6.45) is 4.85. The average Bonchev–Trinajstić information content (AvgIpc) is 2.97. The minimum absolute atomic E-state index is 0.529. The monoisotopic (exact) mass is 230 g/mol. The summed E-state index contributed by atoms with van der Waals surface area (Å²) in [5.41, 5.74) is 0.792. The number of fused-ring (bicyclic) bond motifs is 1. The molecule has 3 rings (SSSR count). The molecule has 7 nitrogen and oxygen atoms in total. The van der Waals surface area contributed by atoms with Gasteiger partial charge >= 0.3 is 0 Å². The summed E-state index contributed by atoms with van der Waals surface area (Å²) in [6.45, 7) is 0.529. The van der Waals surface area contributed by atoms with E-state index in [9.17, 15) is 0 Å². The van der Waals surface area contributed by atoms with Crippen molar-refractivity contribution >= 4 is 16.9 Å². The fourth-order valence-electron chi connectivity index (χ4n) is 1.61. The van der Waals surface area contributed by atoms with E-state index >= 15 is 0 Å². The first-order valence-electron chi connectivity index (χ1n) is 5.11. The first-order chi connectivity index (χ1) is 8.34. The quantitative estimate of drug-likeness (QED) is 0.721. The van der Waals surface area contributed by atoms with E-state index in [2.05, 4.69) is 25.5 Å². The van der Waals surface area contributed by atoms with E-state index in [-0.39, 0.29) is 0 Å². The molecule has 3 aromatic heterocycles. The average molecular weight is 230 g/mol. The lowest BCUT2D eigenvalue weighted by molar-refractivity contribution is 0.388. The number of aromatic nitrogens is 5. The highest BCUT2D eigenvalue weighted by molar-refractivity contribution is 5.85. The summed E-state index contributed by atoms with van der Waals surface area (Å²) in [6, 6.07) is 1.80. The smallest absolute Gasteiger partial charge is 0.163 e. The number of rotatable bonds is 3. The van der Waals surface area contributed by atoms with E-state index in [0.717, 1.165) is 22.6 Å². The molecule has 0 aliphatic rings. The Balaban J connectivity index is 1.90. The molecule has 0 atom stereocenters. The van der Waals surface area contributed by atoms with Crippen LogP contribution in [0.1, 0.15) is 5.76 Å². The molecule has 86 valence electrons. The van der Waals surface area contributed by atoms with Crippen molar-refractivity contribution in [3.05, 3.63) is 30.5 Å². The zero-order valence-electron chi connectivity index (χ0n) is 9.16. The van der Waals surface area contributed by atoms with Crippen LogP contribution in [0.5, 0.6) is 0 Å². The molecular formula is C10H10N6O. The van der Waals surface area contributed by atoms with Crippen LogP contribution in [-0.4, -0.2) is 24.9 Å². The Bertz CT molecular complexity index is 629. The third kappa shape index (κ3) is 1.71. The van der Waals surface area contributed by atoms with Gasteiger partial charge in [-0.1, -0.05) is 5.16 Å². The molecule has 0 amide bonds. The molecule has 0 unspecified atom stereocenters. The molecule has 1 N–H and O–H groups in total. The Labute approximate surface area is 96.5 Å². The minimum Gasteiger partial charge on any atom is -0.362 e. The molecule has 0 radical (unpaired) electrons. The number of hydrogen-bond donors (Lipinski definition) is 1. The van der Waals surface area contributed by atoms with E-state index in [1.165, 1.54) is 6.33 Å². The fraction of sp³-hybridized carbons (Fsp3) is 0.200. The molecule has 0 bridgehead atoms. The number of hydrogen-bond acceptors (Lipinski definition) is 6. The first-order valence-corrected chi connectivity index (χ1v) is 5.11. The van der Waals surface area contributed by atoms with Crippen LogP contribution in [0.4, 0.5) is 5.82 Å². The molecule has 0 aliphatic heterocycles. The number of aryl methyl sites for hydroxylation is 1. The third-order valence-corrected chi connectivity index (χ3v) is 2.45. The molecule has 3 aromatic rings. The second-order valence-corrected chi connectivity index (χ2v) is 3.56. The Morgan fingerprint density at radius 3 is 3.18 bits per heavy atom. The predicted molar refractivity (Wildman–Crippen MR) is 60.1 cm³/mol. The Kier molecular flexibility index (Phi) is 2.21. The number of anilines is 1. The van der Waals surface area contributed by atoms with Crippen molar-refractivity contribution in [1.29, 1.82) is 0 Å². The highest BCUT2D eigenvalue weighted by Gasteiger charge is 2.07. The molecule has 0 saturated heterocycles. The zero-order chi connectivity index (χ0) is 11.7. The predicted octanol–water partition coefficient (Wildman–Crippen LogP) is 0.963. The van der Waals surface area contributed by atoms with Gasteiger partial charge in [-0.05, 0) is 0 Å². The van der Waals surface area contributed by atoms with Crippen molar-refractivity contribution in [2.24, 2.45) is 7.05 Å². The summed E-state index contributed by atoms with van der Waals surface area (Å²) in [5.74, 6) is 1.49. The van der Waals surface area contributed by atoms with Crippen LogP contribution in [0.25, 0.3) is 11.0 Å². The van der Waals surface area contributed by atoms with Crippen LogP contribution in [0.15, 0.2) is 29.3 Å². The minimum atomic E-state index is 0.529. The molecule has 7 heteroatoms. The van der Waals surface area contributed by atoms with Gasteiger partial charge in [0, 0.05) is 13.1 Å². The highest BCUT2D eigenvalue weighted by atomic mass is 16.5. The van der Waals surface area contributed by atoms with Crippen LogP contribution in [0.3, 0.4) is 0 Å². The van der Waals surface area contributed by atoms with Gasteiger partial charge < -0.3 is 9.84 Å². The summed E-state index contributed by atoms with van der Waals surface area (Å²) in [7, 11) is 1.84. The van der Waals surface area contributed by atoms with Crippen LogP contribution >= 0.6 is 0 Å². The van der Waals surface area contributed by atoms with Gasteiger partial charge in [0.1, 0.15) is 12.1 Å². The second kappa shape index (κ2) is 3.85. The maximum atomic E-state index is 5.00. The van der Waals surface area contributed by atoms with Crippen molar-refractivity contribution in [1.82, 2.24) is 24.9 Å². The highest BCUT2D eigenvalue weighted by Crippen LogP contribution is 2.18. The van der Waals surface area contributed by atoms with E-state index in [4.69, 9.17) is 4.52 Å². The van der Waals surface area contributed by atoms with E-state index < -0.39 is 0 Å². The largest absolute Gasteiger partial charge is 0.362 e. The van der Waals surface area contributed by atoms with Crippen molar-refractivity contribution < 1.29 is 4.52 Å². The molecule has 17 heavy (non-hydrogen) atoms. The van der Waals surface area contributed by atoms with Gasteiger partial charge in [0.2, 0.25) is 0 Å². The molecular weight excluding hydrogens is 220 g/mol. The van der Waals surface area contributed by atoms with Crippen molar-refractivity contribution in [3.63, 3.8) is 0 Å². The van der Waals surface area contributed by atoms with Gasteiger partial charge in [0.15, 0.2) is 11.4 Å². The zero-order valence-corrected chi connectivity index (χ0v) is 9.16. The summed E-state index contributed by atoms with van der Waals surface area (Å²) in [4.78, 5) is 8.34. The van der Waals surface area contributed by atoms with Gasteiger partial charge in [0.25, 0.3) is 0 Å². The first kappa shape index (κ1) is 9.76. The SMILES string of the molecule is Cn1ncc2c(NCc3ccno3)ncnc21. The number of nitrogens with one attached hydrogen (secondary N) is 1. The standard InChI is InChI=1S/C10H10N6O/c1-16-10-8(5-14-16)9(12-6-13-10)11-4-7-2-3-15-17-7/h2-3,5-6H,4H2,1H3,(H,11,12,13). The number of nitrogens with zero attached hydrogens (tertiary/aromatic N) is 5. The molecule has 0 fully saturated rings. The summed E-state index contributed by atoms with van der Waals surface area (Å²) in [5, 5.41) is 11.8. The van der Waals surface area contributed by atoms with Gasteiger partial charge in [-0.2, -0.15) is 5.10 Å². The molecule has 0 spiro atoms. The lowest BCUT2D eigenvalue weighted by Crippen LogP contribution is -2.01. The fourth-order valence-corrected chi connectivity index (χ4v) is 1.61. The van der Waals surface area contributed by atoms with Crippen LogP contribution in [-0.2, 0) is 13.6 Å². The van der Waals surface area contributed by atoms with Gasteiger partial charge in [-0.3, -0.25) is 4.68 Å². The Morgan fingerprint density at radius 2 is 2.35 bits per heavy atom. The van der Waals surface area contributed by atoms with Crippen molar-refractivity contribution in [2.75, 3.05) is 5.32 Å². The maximum Gasteiger partial charge on any atom is 0.163 e. The van der Waals surface area contributed by atoms with Gasteiger partial charge in [-0.15, -0.1) is 0 Å². The van der Waals surface area contributed by atoms with Gasteiger partial charge in [-0.25, -0.2) is 9.97 Å². The molecule has 0 aromatic carbocycles.